The maximum atomic E-state index is 9.46. The molecule has 1 heterocycles. The summed E-state index contributed by atoms with van der Waals surface area (Å²) in [6, 6.07) is 0. The molecule has 1 aliphatic heterocycles. The molecule has 1 fully saturated rings. The van der Waals surface area contributed by atoms with Crippen LogP contribution >= 0.6 is 0 Å². The van der Waals surface area contributed by atoms with Crippen molar-refractivity contribution in [1.82, 2.24) is 0 Å². The summed E-state index contributed by atoms with van der Waals surface area (Å²) in [5.74, 6) is 0.0150. The number of ether oxygens (including phenoxy) is 1. The third-order valence-corrected chi connectivity index (χ3v) is 2.54. The Labute approximate surface area is 67.0 Å². The molecular formula is C8H16O3. The van der Waals surface area contributed by atoms with Crippen LogP contribution in [0.5, 0.6) is 0 Å². The van der Waals surface area contributed by atoms with E-state index in [2.05, 4.69) is 0 Å². The zero-order valence-corrected chi connectivity index (χ0v) is 7.19. The van der Waals surface area contributed by atoms with Crippen molar-refractivity contribution in [1.29, 1.82) is 0 Å². The van der Waals surface area contributed by atoms with Gasteiger partial charge in [-0.25, -0.2) is 0 Å². The van der Waals surface area contributed by atoms with Crippen molar-refractivity contribution >= 4 is 0 Å². The highest BCUT2D eigenvalue weighted by Crippen LogP contribution is 2.24. The van der Waals surface area contributed by atoms with Crippen molar-refractivity contribution in [2.75, 3.05) is 0 Å². The third-order valence-electron chi connectivity index (χ3n) is 2.54. The number of rotatable bonds is 0. The molecule has 3 unspecified atom stereocenters. The van der Waals surface area contributed by atoms with Crippen LogP contribution in [0, 0.1) is 5.92 Å². The molecule has 3 heteroatoms. The first-order chi connectivity index (χ1) is 5.04. The lowest BCUT2D eigenvalue weighted by atomic mass is 9.89. The summed E-state index contributed by atoms with van der Waals surface area (Å²) >= 11 is 0. The van der Waals surface area contributed by atoms with Crippen LogP contribution in [0.4, 0.5) is 0 Å². The molecule has 0 radical (unpaired) electrons. The van der Waals surface area contributed by atoms with Gasteiger partial charge in [0.25, 0.3) is 0 Å². The first-order valence-electron chi connectivity index (χ1n) is 4.05. The van der Waals surface area contributed by atoms with Crippen molar-refractivity contribution in [2.24, 2.45) is 5.92 Å². The van der Waals surface area contributed by atoms with Crippen molar-refractivity contribution in [3.8, 4) is 0 Å². The molecule has 1 rings (SSSR count). The quantitative estimate of drug-likeness (QED) is 0.530. The maximum Gasteiger partial charge on any atom is 0.106 e. The second-order valence-corrected chi connectivity index (χ2v) is 3.39. The fraction of sp³-hybridized carbons (Fsp3) is 1.00. The van der Waals surface area contributed by atoms with Gasteiger partial charge in [0.05, 0.1) is 18.3 Å². The average Bonchev–Trinajstić information content (AvgIpc) is 1.97. The average molecular weight is 160 g/mol. The highest BCUT2D eigenvalue weighted by atomic mass is 16.5. The topological polar surface area (TPSA) is 49.7 Å². The molecule has 1 saturated heterocycles. The van der Waals surface area contributed by atoms with Crippen molar-refractivity contribution < 1.29 is 14.9 Å². The summed E-state index contributed by atoms with van der Waals surface area (Å²) in [4.78, 5) is 0. The number of hydrogen-bond donors (Lipinski definition) is 2. The minimum Gasteiger partial charge on any atom is -0.390 e. The molecule has 11 heavy (non-hydrogen) atoms. The van der Waals surface area contributed by atoms with E-state index >= 15 is 0 Å². The number of hydrogen-bond acceptors (Lipinski definition) is 3. The van der Waals surface area contributed by atoms with Crippen LogP contribution in [0.25, 0.3) is 0 Å². The minimum absolute atomic E-state index is 0.0150. The Kier molecular flexibility index (Phi) is 2.52. The van der Waals surface area contributed by atoms with E-state index in [0.29, 0.717) is 0 Å². The molecule has 0 aromatic heterocycles. The predicted octanol–water partition coefficient (Wildman–Crippen LogP) is 0.152. The van der Waals surface area contributed by atoms with Gasteiger partial charge in [-0.05, 0) is 13.8 Å². The van der Waals surface area contributed by atoms with Gasteiger partial charge in [0.1, 0.15) is 6.10 Å². The number of aliphatic hydroxyl groups excluding tert-OH is 2. The van der Waals surface area contributed by atoms with Crippen LogP contribution in [0.1, 0.15) is 20.8 Å². The molecule has 0 amide bonds. The summed E-state index contributed by atoms with van der Waals surface area (Å²) in [5, 5.41) is 18.8. The van der Waals surface area contributed by atoms with E-state index in [1.807, 2.05) is 13.8 Å². The molecule has 0 bridgehead atoms. The zero-order valence-electron chi connectivity index (χ0n) is 7.19. The van der Waals surface area contributed by atoms with E-state index in [9.17, 15) is 10.2 Å². The van der Waals surface area contributed by atoms with Crippen molar-refractivity contribution in [3.63, 3.8) is 0 Å². The van der Waals surface area contributed by atoms with Gasteiger partial charge < -0.3 is 14.9 Å². The summed E-state index contributed by atoms with van der Waals surface area (Å²) < 4.78 is 5.37. The van der Waals surface area contributed by atoms with Gasteiger partial charge >= 0.3 is 0 Å². The Hall–Kier alpha value is -0.120. The van der Waals surface area contributed by atoms with Gasteiger partial charge in [-0.1, -0.05) is 6.92 Å². The fourth-order valence-electron chi connectivity index (χ4n) is 1.41. The van der Waals surface area contributed by atoms with Gasteiger partial charge in [0, 0.05) is 5.92 Å². The largest absolute Gasteiger partial charge is 0.390 e. The van der Waals surface area contributed by atoms with Gasteiger partial charge in [0.2, 0.25) is 0 Å². The first-order valence-corrected chi connectivity index (χ1v) is 4.05. The highest BCUT2D eigenvalue weighted by molar-refractivity contribution is 4.86. The van der Waals surface area contributed by atoms with Crippen molar-refractivity contribution in [2.45, 2.75) is 45.2 Å². The Bertz CT molecular complexity index is 123. The van der Waals surface area contributed by atoms with E-state index in [1.54, 1.807) is 6.92 Å². The molecule has 2 N–H and O–H groups in total. The molecule has 0 aliphatic carbocycles. The Morgan fingerprint density at radius 1 is 0.909 bits per heavy atom. The van der Waals surface area contributed by atoms with Crippen LogP contribution < -0.4 is 0 Å². The molecule has 3 nitrogen and oxygen atoms in total. The lowest BCUT2D eigenvalue weighted by molar-refractivity contribution is -0.184. The highest BCUT2D eigenvalue weighted by Gasteiger charge is 2.37. The Balaban J connectivity index is 2.63. The molecule has 0 saturated carbocycles. The smallest absolute Gasteiger partial charge is 0.106 e. The second-order valence-electron chi connectivity index (χ2n) is 3.39. The van der Waals surface area contributed by atoms with E-state index < -0.39 is 12.2 Å². The Morgan fingerprint density at radius 2 is 1.45 bits per heavy atom. The lowest BCUT2D eigenvalue weighted by Crippen LogP contribution is -2.51. The third kappa shape index (κ3) is 1.55. The zero-order chi connectivity index (χ0) is 8.59. The van der Waals surface area contributed by atoms with Gasteiger partial charge in [-0.15, -0.1) is 0 Å². The lowest BCUT2D eigenvalue weighted by Gasteiger charge is -2.38. The molecule has 66 valence electrons. The van der Waals surface area contributed by atoms with Crippen LogP contribution in [0.2, 0.25) is 0 Å². The normalized spacial score (nSPS) is 52.6. The SMILES string of the molecule is CC1O[C@@H](C)C(C)C(O)[C@@H]1O. The summed E-state index contributed by atoms with van der Waals surface area (Å²) in [6.45, 7) is 5.57. The molecule has 0 aromatic rings. The molecule has 1 aliphatic rings. The fourth-order valence-corrected chi connectivity index (χ4v) is 1.41. The van der Waals surface area contributed by atoms with Crippen LogP contribution in [-0.2, 0) is 4.74 Å². The second kappa shape index (κ2) is 3.09. The van der Waals surface area contributed by atoms with Crippen LogP contribution in [0.15, 0.2) is 0 Å². The maximum absolute atomic E-state index is 9.46. The van der Waals surface area contributed by atoms with E-state index in [0.717, 1.165) is 0 Å². The molecular weight excluding hydrogens is 144 g/mol. The first kappa shape index (κ1) is 8.97. The summed E-state index contributed by atoms with van der Waals surface area (Å²) in [5.41, 5.74) is 0. The van der Waals surface area contributed by atoms with E-state index in [4.69, 9.17) is 4.74 Å². The minimum atomic E-state index is -0.735. The van der Waals surface area contributed by atoms with Crippen LogP contribution in [0.3, 0.4) is 0 Å². The summed E-state index contributed by atoms with van der Waals surface area (Å²) in [7, 11) is 0. The number of aliphatic hydroxyl groups is 2. The predicted molar refractivity (Wildman–Crippen MR) is 41.2 cm³/mol. The molecule has 0 spiro atoms. The van der Waals surface area contributed by atoms with E-state index in [-0.39, 0.29) is 18.1 Å². The Morgan fingerprint density at radius 3 is 2.00 bits per heavy atom. The monoisotopic (exact) mass is 160 g/mol. The van der Waals surface area contributed by atoms with Crippen LogP contribution in [-0.4, -0.2) is 34.6 Å². The van der Waals surface area contributed by atoms with Gasteiger partial charge in [-0.3, -0.25) is 0 Å². The van der Waals surface area contributed by atoms with Gasteiger partial charge in [0.15, 0.2) is 0 Å². The molecule has 0 aromatic carbocycles. The summed E-state index contributed by atoms with van der Waals surface area (Å²) in [6.07, 6.45) is -1.60. The van der Waals surface area contributed by atoms with Crippen molar-refractivity contribution in [3.05, 3.63) is 0 Å². The van der Waals surface area contributed by atoms with E-state index in [1.165, 1.54) is 0 Å². The van der Waals surface area contributed by atoms with Gasteiger partial charge in [-0.2, -0.15) is 0 Å². The molecule has 5 atom stereocenters. The standard InChI is InChI=1S/C8H16O3/c1-4-5(2)11-6(3)8(10)7(4)9/h4-10H,1-3H3/t4?,5-,6?,7?,8+/m0/s1.